The number of nitrogens with zero attached hydrogens (tertiary/aromatic N) is 3. The number of nitrogens with one attached hydrogen (secondary N) is 1. The standard InChI is InChI=1S/C19H24N4O3/c1-14-6-8-20-19(21-14)22-16-5-3-4-15(12-16)18(24)23-9-11-26-13-17(23)7-10-25-2/h3-6,8,12,17H,7,9-11,13H2,1-2H3,(H,20,21,22). The highest BCUT2D eigenvalue weighted by molar-refractivity contribution is 5.95. The highest BCUT2D eigenvalue weighted by atomic mass is 16.5. The molecule has 0 radical (unpaired) electrons. The molecular weight excluding hydrogens is 332 g/mol. The van der Waals surface area contributed by atoms with Crippen LogP contribution in [0, 0.1) is 6.92 Å². The molecule has 1 fully saturated rings. The van der Waals surface area contributed by atoms with Crippen molar-refractivity contribution in [3.8, 4) is 0 Å². The van der Waals surface area contributed by atoms with Crippen LogP contribution in [0.3, 0.4) is 0 Å². The van der Waals surface area contributed by atoms with Crippen LogP contribution in [-0.2, 0) is 9.47 Å². The molecule has 1 unspecified atom stereocenters. The number of anilines is 2. The van der Waals surface area contributed by atoms with Gasteiger partial charge in [-0.15, -0.1) is 0 Å². The predicted octanol–water partition coefficient (Wildman–Crippen LogP) is 2.41. The van der Waals surface area contributed by atoms with Crippen molar-refractivity contribution in [2.45, 2.75) is 19.4 Å². The summed E-state index contributed by atoms with van der Waals surface area (Å²) in [6.07, 6.45) is 2.46. The molecule has 7 heteroatoms. The van der Waals surface area contributed by atoms with E-state index in [0.29, 0.717) is 37.9 Å². The summed E-state index contributed by atoms with van der Waals surface area (Å²) in [5.41, 5.74) is 2.29. The molecule has 2 aromatic rings. The average Bonchev–Trinajstić information content (AvgIpc) is 2.66. The number of hydrogen-bond donors (Lipinski definition) is 1. The molecule has 1 aliphatic heterocycles. The van der Waals surface area contributed by atoms with Crippen LogP contribution in [0.5, 0.6) is 0 Å². The summed E-state index contributed by atoms with van der Waals surface area (Å²) in [6, 6.07) is 9.28. The summed E-state index contributed by atoms with van der Waals surface area (Å²) in [4.78, 5) is 23.4. The van der Waals surface area contributed by atoms with E-state index in [0.717, 1.165) is 17.8 Å². The molecule has 1 atom stereocenters. The van der Waals surface area contributed by atoms with E-state index in [4.69, 9.17) is 9.47 Å². The van der Waals surface area contributed by atoms with E-state index >= 15 is 0 Å². The lowest BCUT2D eigenvalue weighted by atomic mass is 10.1. The molecule has 26 heavy (non-hydrogen) atoms. The summed E-state index contributed by atoms with van der Waals surface area (Å²) in [6.45, 7) is 4.20. The van der Waals surface area contributed by atoms with Crippen LogP contribution in [0.25, 0.3) is 0 Å². The SMILES string of the molecule is COCCC1COCCN1C(=O)c1cccc(Nc2nccc(C)n2)c1. The largest absolute Gasteiger partial charge is 0.385 e. The third-order valence-corrected chi connectivity index (χ3v) is 4.30. The molecule has 1 aromatic carbocycles. The van der Waals surface area contributed by atoms with Crippen LogP contribution in [0.4, 0.5) is 11.6 Å². The Kier molecular flexibility index (Phi) is 6.14. The number of hydrogen-bond acceptors (Lipinski definition) is 6. The molecular formula is C19H24N4O3. The molecule has 1 N–H and O–H groups in total. The molecule has 138 valence electrons. The van der Waals surface area contributed by atoms with E-state index in [1.54, 1.807) is 13.3 Å². The van der Waals surface area contributed by atoms with E-state index in [-0.39, 0.29) is 11.9 Å². The monoisotopic (exact) mass is 356 g/mol. The molecule has 0 bridgehead atoms. The number of amides is 1. The Morgan fingerprint density at radius 2 is 2.31 bits per heavy atom. The van der Waals surface area contributed by atoms with Crippen LogP contribution in [0.15, 0.2) is 36.5 Å². The fourth-order valence-corrected chi connectivity index (χ4v) is 2.95. The van der Waals surface area contributed by atoms with Crippen LogP contribution < -0.4 is 5.32 Å². The third-order valence-electron chi connectivity index (χ3n) is 4.30. The lowest BCUT2D eigenvalue weighted by molar-refractivity contribution is -0.0104. The molecule has 0 aliphatic carbocycles. The van der Waals surface area contributed by atoms with Crippen molar-refractivity contribution in [2.24, 2.45) is 0 Å². The van der Waals surface area contributed by atoms with Crippen LogP contribution in [0.1, 0.15) is 22.5 Å². The van der Waals surface area contributed by atoms with Crippen LogP contribution in [0.2, 0.25) is 0 Å². The second-order valence-electron chi connectivity index (χ2n) is 6.24. The van der Waals surface area contributed by atoms with Gasteiger partial charge >= 0.3 is 0 Å². The van der Waals surface area contributed by atoms with Gasteiger partial charge in [0.1, 0.15) is 0 Å². The van der Waals surface area contributed by atoms with E-state index in [1.807, 2.05) is 42.2 Å². The van der Waals surface area contributed by atoms with Gasteiger partial charge < -0.3 is 19.7 Å². The van der Waals surface area contributed by atoms with Gasteiger partial charge in [-0.05, 0) is 37.6 Å². The first kappa shape index (κ1) is 18.3. The van der Waals surface area contributed by atoms with Crippen molar-refractivity contribution in [1.29, 1.82) is 0 Å². The normalized spacial score (nSPS) is 17.2. The van der Waals surface area contributed by atoms with Gasteiger partial charge in [0.05, 0.1) is 19.3 Å². The molecule has 7 nitrogen and oxygen atoms in total. The Morgan fingerprint density at radius 1 is 1.42 bits per heavy atom. The number of aryl methyl sites for hydroxylation is 1. The van der Waals surface area contributed by atoms with Gasteiger partial charge in [0.2, 0.25) is 5.95 Å². The van der Waals surface area contributed by atoms with Gasteiger partial charge in [0.15, 0.2) is 0 Å². The Hall–Kier alpha value is -2.51. The molecule has 1 amide bonds. The molecule has 3 rings (SSSR count). The second kappa shape index (κ2) is 8.73. The molecule has 1 aromatic heterocycles. The minimum atomic E-state index is 0.00298. The zero-order valence-electron chi connectivity index (χ0n) is 15.1. The number of aromatic nitrogens is 2. The van der Waals surface area contributed by atoms with Crippen molar-refractivity contribution in [3.63, 3.8) is 0 Å². The molecule has 0 spiro atoms. The topological polar surface area (TPSA) is 76.6 Å². The summed E-state index contributed by atoms with van der Waals surface area (Å²) in [7, 11) is 1.67. The number of carbonyl (C=O) groups is 1. The maximum Gasteiger partial charge on any atom is 0.254 e. The second-order valence-corrected chi connectivity index (χ2v) is 6.24. The smallest absolute Gasteiger partial charge is 0.254 e. The maximum atomic E-state index is 13.0. The molecule has 1 saturated heterocycles. The lowest BCUT2D eigenvalue weighted by Gasteiger charge is -2.35. The highest BCUT2D eigenvalue weighted by Crippen LogP contribution is 2.19. The number of ether oxygens (including phenoxy) is 2. The summed E-state index contributed by atoms with van der Waals surface area (Å²) >= 11 is 0. The first-order chi connectivity index (χ1) is 12.7. The number of carbonyl (C=O) groups excluding carboxylic acids is 1. The fourth-order valence-electron chi connectivity index (χ4n) is 2.95. The van der Waals surface area contributed by atoms with Crippen molar-refractivity contribution in [3.05, 3.63) is 47.8 Å². The van der Waals surface area contributed by atoms with Crippen molar-refractivity contribution in [2.75, 3.05) is 38.8 Å². The first-order valence-electron chi connectivity index (χ1n) is 8.72. The van der Waals surface area contributed by atoms with E-state index in [9.17, 15) is 4.79 Å². The molecule has 0 saturated carbocycles. The molecule has 1 aliphatic rings. The summed E-state index contributed by atoms with van der Waals surface area (Å²) in [5, 5.41) is 3.15. The van der Waals surface area contributed by atoms with Gasteiger partial charge in [-0.2, -0.15) is 0 Å². The van der Waals surface area contributed by atoms with Crippen LogP contribution >= 0.6 is 0 Å². The highest BCUT2D eigenvalue weighted by Gasteiger charge is 2.27. The zero-order valence-corrected chi connectivity index (χ0v) is 15.1. The Bertz CT molecular complexity index is 753. The number of methoxy groups -OCH3 is 1. The summed E-state index contributed by atoms with van der Waals surface area (Å²) < 4.78 is 10.7. The zero-order chi connectivity index (χ0) is 18.4. The Morgan fingerprint density at radius 3 is 3.12 bits per heavy atom. The number of rotatable bonds is 6. The minimum absolute atomic E-state index is 0.00298. The van der Waals surface area contributed by atoms with E-state index in [1.165, 1.54) is 0 Å². The van der Waals surface area contributed by atoms with E-state index in [2.05, 4.69) is 15.3 Å². The number of morpholine rings is 1. The van der Waals surface area contributed by atoms with Crippen molar-refractivity contribution < 1.29 is 14.3 Å². The van der Waals surface area contributed by atoms with Crippen molar-refractivity contribution in [1.82, 2.24) is 14.9 Å². The molecule has 2 heterocycles. The quantitative estimate of drug-likeness (QED) is 0.856. The minimum Gasteiger partial charge on any atom is -0.385 e. The Labute approximate surface area is 153 Å². The lowest BCUT2D eigenvalue weighted by Crippen LogP contribution is -2.49. The van der Waals surface area contributed by atoms with Gasteiger partial charge in [0.25, 0.3) is 5.91 Å². The van der Waals surface area contributed by atoms with E-state index < -0.39 is 0 Å². The van der Waals surface area contributed by atoms with Crippen LogP contribution in [-0.4, -0.2) is 60.3 Å². The first-order valence-corrected chi connectivity index (χ1v) is 8.72. The van der Waals surface area contributed by atoms with Gasteiger partial charge in [0, 0.05) is 43.4 Å². The summed E-state index contributed by atoms with van der Waals surface area (Å²) in [5.74, 6) is 0.516. The number of benzene rings is 1. The van der Waals surface area contributed by atoms with Gasteiger partial charge in [-0.25, -0.2) is 9.97 Å². The van der Waals surface area contributed by atoms with Crippen molar-refractivity contribution >= 4 is 17.5 Å². The predicted molar refractivity (Wildman–Crippen MR) is 98.6 cm³/mol. The maximum absolute atomic E-state index is 13.0. The Balaban J connectivity index is 1.74. The van der Waals surface area contributed by atoms with Gasteiger partial charge in [-0.3, -0.25) is 4.79 Å². The van der Waals surface area contributed by atoms with Gasteiger partial charge in [-0.1, -0.05) is 6.07 Å². The fraction of sp³-hybridized carbons (Fsp3) is 0.421. The average molecular weight is 356 g/mol. The third kappa shape index (κ3) is 4.56.